The number of halogens is 3. The molecule has 23 heavy (non-hydrogen) atoms. The van der Waals surface area contributed by atoms with Crippen LogP contribution in [0, 0.1) is 11.3 Å². The van der Waals surface area contributed by atoms with Gasteiger partial charge in [0.25, 0.3) is 0 Å². The first-order valence-corrected chi connectivity index (χ1v) is 8.34. The summed E-state index contributed by atoms with van der Waals surface area (Å²) in [6, 6.07) is 6.42. The van der Waals surface area contributed by atoms with Gasteiger partial charge in [0.15, 0.2) is 0 Å². The minimum absolute atomic E-state index is 0.0971. The van der Waals surface area contributed by atoms with E-state index in [0.717, 1.165) is 16.4 Å². The van der Waals surface area contributed by atoms with Gasteiger partial charge in [-0.2, -0.15) is 22.7 Å². The standard InChI is InChI=1S/C14H15F3N2O3S/c1-19(13(9-18)6-7-22-10-13)23(20,21)8-11-4-2-3-5-12(11)14(15,16)17/h2-5H,6-8,10H2,1H3. The van der Waals surface area contributed by atoms with Gasteiger partial charge in [-0.1, -0.05) is 18.2 Å². The first-order valence-electron chi connectivity index (χ1n) is 6.73. The average Bonchev–Trinajstić information content (AvgIpc) is 2.95. The van der Waals surface area contributed by atoms with Gasteiger partial charge in [-0.25, -0.2) is 8.42 Å². The summed E-state index contributed by atoms with van der Waals surface area (Å²) in [5, 5.41) is 9.28. The molecule has 2 rings (SSSR count). The number of benzene rings is 1. The van der Waals surface area contributed by atoms with Gasteiger partial charge >= 0.3 is 6.18 Å². The van der Waals surface area contributed by atoms with Gasteiger partial charge in [0, 0.05) is 20.1 Å². The normalized spacial score (nSPS) is 22.3. The number of hydrogen-bond donors (Lipinski definition) is 0. The fourth-order valence-electron chi connectivity index (χ4n) is 2.44. The van der Waals surface area contributed by atoms with Crippen molar-refractivity contribution < 1.29 is 26.3 Å². The van der Waals surface area contributed by atoms with Gasteiger partial charge in [-0.3, -0.25) is 0 Å². The number of alkyl halides is 3. The van der Waals surface area contributed by atoms with Crippen molar-refractivity contribution in [3.8, 4) is 6.07 Å². The van der Waals surface area contributed by atoms with E-state index in [1.807, 2.05) is 6.07 Å². The van der Waals surface area contributed by atoms with Crippen LogP contribution in [-0.4, -0.2) is 38.5 Å². The number of rotatable bonds is 4. The van der Waals surface area contributed by atoms with Crippen molar-refractivity contribution in [2.45, 2.75) is 23.9 Å². The zero-order chi connectivity index (χ0) is 17.3. The molecule has 5 nitrogen and oxygen atoms in total. The number of hydrogen-bond acceptors (Lipinski definition) is 4. The van der Waals surface area contributed by atoms with Gasteiger partial charge in [-0.15, -0.1) is 0 Å². The zero-order valence-electron chi connectivity index (χ0n) is 12.3. The third kappa shape index (κ3) is 3.49. The predicted octanol–water partition coefficient (Wildman–Crippen LogP) is 2.15. The zero-order valence-corrected chi connectivity index (χ0v) is 13.1. The topological polar surface area (TPSA) is 70.4 Å². The summed E-state index contributed by atoms with van der Waals surface area (Å²) in [6.07, 6.45) is -4.46. The second kappa shape index (κ2) is 6.11. The van der Waals surface area contributed by atoms with E-state index in [-0.39, 0.29) is 25.2 Å². The third-order valence-corrected chi connectivity index (χ3v) is 5.75. The fraction of sp³-hybridized carbons (Fsp3) is 0.500. The molecule has 1 saturated heterocycles. The Morgan fingerprint density at radius 2 is 2.04 bits per heavy atom. The summed E-state index contributed by atoms with van der Waals surface area (Å²) < 4.78 is 69.8. The molecule has 1 heterocycles. The maximum absolute atomic E-state index is 13.0. The lowest BCUT2D eigenvalue weighted by Crippen LogP contribution is -2.49. The monoisotopic (exact) mass is 348 g/mol. The first-order chi connectivity index (χ1) is 10.6. The second-order valence-corrected chi connectivity index (χ2v) is 7.32. The molecular formula is C14H15F3N2O3S. The van der Waals surface area contributed by atoms with Crippen LogP contribution in [0.3, 0.4) is 0 Å². The molecule has 0 amide bonds. The number of ether oxygens (including phenoxy) is 1. The van der Waals surface area contributed by atoms with E-state index in [4.69, 9.17) is 4.74 Å². The van der Waals surface area contributed by atoms with Gasteiger partial charge in [0.1, 0.15) is 5.54 Å². The van der Waals surface area contributed by atoms with Crippen LogP contribution in [0.1, 0.15) is 17.5 Å². The highest BCUT2D eigenvalue weighted by Crippen LogP contribution is 2.34. The molecule has 1 aromatic carbocycles. The molecule has 1 aromatic rings. The van der Waals surface area contributed by atoms with Crippen LogP contribution >= 0.6 is 0 Å². The molecule has 1 unspecified atom stereocenters. The Morgan fingerprint density at radius 1 is 1.39 bits per heavy atom. The smallest absolute Gasteiger partial charge is 0.378 e. The minimum Gasteiger partial charge on any atom is -0.378 e. The van der Waals surface area contributed by atoms with Crippen LogP contribution in [0.4, 0.5) is 13.2 Å². The lowest BCUT2D eigenvalue weighted by molar-refractivity contribution is -0.138. The summed E-state index contributed by atoms with van der Waals surface area (Å²) in [5.41, 5.74) is -2.71. The molecule has 9 heteroatoms. The average molecular weight is 348 g/mol. The van der Waals surface area contributed by atoms with Gasteiger partial charge < -0.3 is 4.74 Å². The van der Waals surface area contributed by atoms with E-state index in [1.165, 1.54) is 19.2 Å². The van der Waals surface area contributed by atoms with E-state index < -0.39 is 33.1 Å². The molecule has 0 bridgehead atoms. The molecule has 1 atom stereocenters. The Kier molecular flexibility index (Phi) is 4.71. The van der Waals surface area contributed by atoms with E-state index >= 15 is 0 Å². The highest BCUT2D eigenvalue weighted by molar-refractivity contribution is 7.88. The maximum atomic E-state index is 13.0. The van der Waals surface area contributed by atoms with Crippen molar-refractivity contribution >= 4 is 10.0 Å². The molecule has 0 aromatic heterocycles. The van der Waals surface area contributed by atoms with E-state index in [2.05, 4.69) is 0 Å². The van der Waals surface area contributed by atoms with Crippen molar-refractivity contribution in [1.82, 2.24) is 4.31 Å². The highest BCUT2D eigenvalue weighted by Gasteiger charge is 2.45. The van der Waals surface area contributed by atoms with Crippen molar-refractivity contribution in [2.24, 2.45) is 0 Å². The third-order valence-electron chi connectivity index (χ3n) is 3.89. The van der Waals surface area contributed by atoms with Crippen molar-refractivity contribution in [3.05, 3.63) is 35.4 Å². The molecule has 1 aliphatic rings. The Morgan fingerprint density at radius 3 is 2.57 bits per heavy atom. The summed E-state index contributed by atoms with van der Waals surface area (Å²) in [7, 11) is -2.92. The van der Waals surface area contributed by atoms with Gasteiger partial charge in [-0.05, 0) is 11.6 Å². The van der Waals surface area contributed by atoms with Crippen molar-refractivity contribution in [3.63, 3.8) is 0 Å². The summed E-state index contributed by atoms with van der Waals surface area (Å²) >= 11 is 0. The molecule has 1 aliphatic heterocycles. The molecule has 0 spiro atoms. The second-order valence-electron chi connectivity index (χ2n) is 5.32. The maximum Gasteiger partial charge on any atom is 0.416 e. The van der Waals surface area contributed by atoms with Gasteiger partial charge in [0.2, 0.25) is 10.0 Å². The first kappa shape index (κ1) is 17.7. The predicted molar refractivity (Wildman–Crippen MR) is 75.6 cm³/mol. The number of likely N-dealkylation sites (N-methyl/N-ethyl adjacent to an activating group) is 1. The lowest BCUT2D eigenvalue weighted by Gasteiger charge is -2.30. The Labute approximate surface area is 132 Å². The summed E-state index contributed by atoms with van der Waals surface area (Å²) in [6.45, 7) is 0.132. The van der Waals surface area contributed by atoms with Crippen LogP contribution in [0.5, 0.6) is 0 Å². The highest BCUT2D eigenvalue weighted by atomic mass is 32.2. The van der Waals surface area contributed by atoms with Crippen molar-refractivity contribution in [2.75, 3.05) is 20.3 Å². The Bertz CT molecular complexity index is 720. The van der Waals surface area contributed by atoms with Crippen molar-refractivity contribution in [1.29, 1.82) is 5.26 Å². The molecule has 0 saturated carbocycles. The SMILES string of the molecule is CN(C1(C#N)CCOC1)S(=O)(=O)Cc1ccccc1C(F)(F)F. The Hall–Kier alpha value is -1.63. The Balaban J connectivity index is 2.35. The van der Waals surface area contributed by atoms with Crippen LogP contribution < -0.4 is 0 Å². The van der Waals surface area contributed by atoms with Crippen LogP contribution in [0.25, 0.3) is 0 Å². The van der Waals surface area contributed by atoms with E-state index in [1.54, 1.807) is 0 Å². The largest absolute Gasteiger partial charge is 0.416 e. The number of nitrogens with zero attached hydrogens (tertiary/aromatic N) is 2. The molecular weight excluding hydrogens is 333 g/mol. The number of sulfonamides is 1. The van der Waals surface area contributed by atoms with Crippen LogP contribution in [-0.2, 0) is 26.7 Å². The number of nitriles is 1. The fourth-order valence-corrected chi connectivity index (χ4v) is 4.00. The minimum atomic E-state index is -4.64. The molecule has 0 N–H and O–H groups in total. The quantitative estimate of drug-likeness (QED) is 0.836. The summed E-state index contributed by atoms with van der Waals surface area (Å²) in [5.74, 6) is -0.831. The van der Waals surface area contributed by atoms with Crippen LogP contribution in [0.15, 0.2) is 24.3 Å². The van der Waals surface area contributed by atoms with Crippen LogP contribution in [0.2, 0.25) is 0 Å². The molecule has 1 fully saturated rings. The molecule has 0 aliphatic carbocycles. The molecule has 0 radical (unpaired) electrons. The van der Waals surface area contributed by atoms with E-state index in [0.29, 0.717) is 0 Å². The summed E-state index contributed by atoms with van der Waals surface area (Å²) in [4.78, 5) is 0. The van der Waals surface area contributed by atoms with Gasteiger partial charge in [0.05, 0.1) is 24.0 Å². The molecule has 126 valence electrons. The van der Waals surface area contributed by atoms with E-state index in [9.17, 15) is 26.9 Å². The lowest BCUT2D eigenvalue weighted by atomic mass is 10.0.